The van der Waals surface area contributed by atoms with Gasteiger partial charge in [0.15, 0.2) is 5.58 Å². The van der Waals surface area contributed by atoms with Crippen molar-refractivity contribution in [2.75, 3.05) is 20.2 Å². The van der Waals surface area contributed by atoms with Crippen LogP contribution in [0.4, 0.5) is 0 Å². The number of methoxy groups -OCH3 is 1. The fourth-order valence-corrected chi connectivity index (χ4v) is 1.96. The Kier molecular flexibility index (Phi) is 4.52. The molecule has 0 aliphatic rings. The van der Waals surface area contributed by atoms with Crippen LogP contribution >= 0.6 is 0 Å². The first-order valence-corrected chi connectivity index (χ1v) is 6.36. The van der Waals surface area contributed by atoms with Crippen molar-refractivity contribution >= 4 is 17.1 Å². The largest absolute Gasteiger partial charge is 0.468 e. The summed E-state index contributed by atoms with van der Waals surface area (Å²) in [6.07, 6.45) is 0.956. The number of hydrogen-bond donors (Lipinski definition) is 0. The SMILES string of the molecule is CCCN(CC(=O)OC)Cc1nc2ccccc2o1. The average Bonchev–Trinajstić information content (AvgIpc) is 2.80. The normalized spacial score (nSPS) is 11.1. The number of aromatic nitrogens is 1. The molecule has 0 amide bonds. The van der Waals surface area contributed by atoms with Crippen molar-refractivity contribution in [1.29, 1.82) is 0 Å². The van der Waals surface area contributed by atoms with Gasteiger partial charge < -0.3 is 9.15 Å². The highest BCUT2D eigenvalue weighted by Crippen LogP contribution is 2.16. The van der Waals surface area contributed by atoms with E-state index >= 15 is 0 Å². The minimum Gasteiger partial charge on any atom is -0.468 e. The lowest BCUT2D eigenvalue weighted by molar-refractivity contribution is -0.142. The highest BCUT2D eigenvalue weighted by Gasteiger charge is 2.14. The third-order valence-electron chi connectivity index (χ3n) is 2.82. The number of nitrogens with zero attached hydrogens (tertiary/aromatic N) is 2. The first-order valence-electron chi connectivity index (χ1n) is 6.36. The second-order valence-electron chi connectivity index (χ2n) is 4.36. The van der Waals surface area contributed by atoms with Gasteiger partial charge in [-0.25, -0.2) is 4.98 Å². The maximum absolute atomic E-state index is 11.3. The molecule has 2 aromatic rings. The minimum absolute atomic E-state index is 0.246. The van der Waals surface area contributed by atoms with Gasteiger partial charge in [-0.05, 0) is 25.1 Å². The third kappa shape index (κ3) is 3.54. The Balaban J connectivity index is 2.09. The molecule has 0 N–H and O–H groups in total. The smallest absolute Gasteiger partial charge is 0.319 e. The van der Waals surface area contributed by atoms with Crippen LogP contribution in [-0.4, -0.2) is 36.1 Å². The molecule has 19 heavy (non-hydrogen) atoms. The molecule has 0 unspecified atom stereocenters. The summed E-state index contributed by atoms with van der Waals surface area (Å²) in [6, 6.07) is 7.63. The molecule has 1 aromatic heterocycles. The van der Waals surface area contributed by atoms with E-state index in [2.05, 4.69) is 11.9 Å². The topological polar surface area (TPSA) is 55.6 Å². The van der Waals surface area contributed by atoms with Gasteiger partial charge in [0.1, 0.15) is 5.52 Å². The van der Waals surface area contributed by atoms with Gasteiger partial charge in [0.2, 0.25) is 5.89 Å². The van der Waals surface area contributed by atoms with Crippen molar-refractivity contribution < 1.29 is 13.9 Å². The van der Waals surface area contributed by atoms with Crippen molar-refractivity contribution in [3.05, 3.63) is 30.2 Å². The second-order valence-corrected chi connectivity index (χ2v) is 4.36. The summed E-state index contributed by atoms with van der Waals surface area (Å²) in [5.41, 5.74) is 1.61. The highest BCUT2D eigenvalue weighted by atomic mass is 16.5. The third-order valence-corrected chi connectivity index (χ3v) is 2.82. The Labute approximate surface area is 112 Å². The molecule has 2 rings (SSSR count). The van der Waals surface area contributed by atoms with Crippen LogP contribution < -0.4 is 0 Å². The van der Waals surface area contributed by atoms with Crippen LogP contribution in [0.5, 0.6) is 0 Å². The Hall–Kier alpha value is -1.88. The number of oxazole rings is 1. The molecule has 0 saturated carbocycles. The van der Waals surface area contributed by atoms with Crippen molar-refractivity contribution in [2.24, 2.45) is 0 Å². The molecule has 0 fully saturated rings. The summed E-state index contributed by atoms with van der Waals surface area (Å²) in [4.78, 5) is 17.7. The monoisotopic (exact) mass is 262 g/mol. The van der Waals surface area contributed by atoms with Crippen molar-refractivity contribution in [3.63, 3.8) is 0 Å². The van der Waals surface area contributed by atoms with Crippen LogP contribution in [0.3, 0.4) is 0 Å². The van der Waals surface area contributed by atoms with Gasteiger partial charge in [0.25, 0.3) is 0 Å². The minimum atomic E-state index is -0.246. The van der Waals surface area contributed by atoms with Crippen LogP contribution in [0.2, 0.25) is 0 Å². The van der Waals surface area contributed by atoms with Crippen molar-refractivity contribution in [1.82, 2.24) is 9.88 Å². The number of benzene rings is 1. The first-order chi connectivity index (χ1) is 9.22. The van der Waals surface area contributed by atoms with E-state index in [1.54, 1.807) is 0 Å². The maximum atomic E-state index is 11.3. The predicted molar refractivity (Wildman–Crippen MR) is 71.6 cm³/mol. The molecule has 0 spiro atoms. The van der Waals surface area contributed by atoms with Gasteiger partial charge >= 0.3 is 5.97 Å². The van der Waals surface area contributed by atoms with E-state index in [0.717, 1.165) is 24.1 Å². The van der Waals surface area contributed by atoms with Crippen LogP contribution in [0.25, 0.3) is 11.1 Å². The van der Waals surface area contributed by atoms with E-state index in [0.29, 0.717) is 12.4 Å². The van der Waals surface area contributed by atoms with Crippen LogP contribution in [-0.2, 0) is 16.1 Å². The Morgan fingerprint density at radius 3 is 2.89 bits per heavy atom. The molecule has 0 aliphatic heterocycles. The zero-order chi connectivity index (χ0) is 13.7. The second kappa shape index (κ2) is 6.33. The predicted octanol–water partition coefficient (Wildman–Crippen LogP) is 2.21. The molecule has 0 atom stereocenters. The van der Waals surface area contributed by atoms with Gasteiger partial charge in [0, 0.05) is 0 Å². The zero-order valence-corrected chi connectivity index (χ0v) is 11.3. The first kappa shape index (κ1) is 13.5. The molecule has 0 aliphatic carbocycles. The molecule has 0 bridgehead atoms. The van der Waals surface area contributed by atoms with E-state index in [9.17, 15) is 4.79 Å². The van der Waals surface area contributed by atoms with Crippen LogP contribution in [0, 0.1) is 0 Å². The van der Waals surface area contributed by atoms with E-state index < -0.39 is 0 Å². The number of esters is 1. The molecule has 102 valence electrons. The number of rotatable bonds is 6. The van der Waals surface area contributed by atoms with E-state index in [1.165, 1.54) is 7.11 Å². The molecule has 0 radical (unpaired) electrons. The van der Waals surface area contributed by atoms with Crippen LogP contribution in [0.1, 0.15) is 19.2 Å². The summed E-state index contributed by atoms with van der Waals surface area (Å²) in [7, 11) is 1.39. The van der Waals surface area contributed by atoms with Gasteiger partial charge in [-0.3, -0.25) is 9.69 Å². The van der Waals surface area contributed by atoms with Gasteiger partial charge in [-0.1, -0.05) is 19.1 Å². The van der Waals surface area contributed by atoms with Crippen LogP contribution in [0.15, 0.2) is 28.7 Å². The number of ether oxygens (including phenoxy) is 1. The number of hydrogen-bond acceptors (Lipinski definition) is 5. The molecule has 5 nitrogen and oxygen atoms in total. The highest BCUT2D eigenvalue weighted by molar-refractivity contribution is 5.72. The summed E-state index contributed by atoms with van der Waals surface area (Å²) < 4.78 is 10.3. The Morgan fingerprint density at radius 2 is 2.21 bits per heavy atom. The fraction of sp³-hybridized carbons (Fsp3) is 0.429. The number of para-hydroxylation sites is 2. The maximum Gasteiger partial charge on any atom is 0.319 e. The number of carbonyl (C=O) groups is 1. The van der Waals surface area contributed by atoms with E-state index in [4.69, 9.17) is 9.15 Å². The van der Waals surface area contributed by atoms with Gasteiger partial charge in [-0.2, -0.15) is 0 Å². The van der Waals surface area contributed by atoms with Gasteiger partial charge in [-0.15, -0.1) is 0 Å². The zero-order valence-electron chi connectivity index (χ0n) is 11.3. The van der Waals surface area contributed by atoms with Crippen molar-refractivity contribution in [2.45, 2.75) is 19.9 Å². The van der Waals surface area contributed by atoms with Gasteiger partial charge in [0.05, 0.1) is 20.2 Å². The molecular weight excluding hydrogens is 244 g/mol. The number of carbonyl (C=O) groups excluding carboxylic acids is 1. The molecule has 0 saturated heterocycles. The molecule has 1 aromatic carbocycles. The lowest BCUT2D eigenvalue weighted by Gasteiger charge is -2.17. The fourth-order valence-electron chi connectivity index (χ4n) is 1.96. The summed E-state index contributed by atoms with van der Waals surface area (Å²) in [6.45, 7) is 3.63. The summed E-state index contributed by atoms with van der Waals surface area (Å²) in [5, 5.41) is 0. The lowest BCUT2D eigenvalue weighted by atomic mass is 10.3. The standard InChI is InChI=1S/C14H18N2O3/c1-3-8-16(10-14(17)18-2)9-13-15-11-6-4-5-7-12(11)19-13/h4-7H,3,8-10H2,1-2H3. The molecule has 5 heteroatoms. The lowest BCUT2D eigenvalue weighted by Crippen LogP contribution is -2.31. The molecule has 1 heterocycles. The quantitative estimate of drug-likeness (QED) is 0.747. The van der Waals surface area contributed by atoms with E-state index in [-0.39, 0.29) is 12.5 Å². The number of fused-ring (bicyclic) bond motifs is 1. The Morgan fingerprint density at radius 1 is 1.42 bits per heavy atom. The van der Waals surface area contributed by atoms with Crippen molar-refractivity contribution in [3.8, 4) is 0 Å². The summed E-state index contributed by atoms with van der Waals surface area (Å²) in [5.74, 6) is 0.378. The van der Waals surface area contributed by atoms with E-state index in [1.807, 2.05) is 29.2 Å². The Bertz CT molecular complexity index is 517. The summed E-state index contributed by atoms with van der Waals surface area (Å²) >= 11 is 0. The average molecular weight is 262 g/mol. The molecular formula is C14H18N2O3.